The van der Waals surface area contributed by atoms with Gasteiger partial charge in [0.15, 0.2) is 0 Å². The lowest BCUT2D eigenvalue weighted by Gasteiger charge is -2.25. The summed E-state index contributed by atoms with van der Waals surface area (Å²) in [4.78, 5) is 2.33. The van der Waals surface area contributed by atoms with Crippen molar-refractivity contribution in [3.63, 3.8) is 0 Å². The van der Waals surface area contributed by atoms with E-state index in [0.29, 0.717) is 0 Å². The molecule has 234 valence electrons. The molecule has 0 aromatic heterocycles. The van der Waals surface area contributed by atoms with Gasteiger partial charge in [0.1, 0.15) is 0 Å². The number of benzene rings is 8. The highest BCUT2D eigenvalue weighted by atomic mass is 15.1. The van der Waals surface area contributed by atoms with Crippen molar-refractivity contribution >= 4 is 61.5 Å². The van der Waals surface area contributed by atoms with Gasteiger partial charge in [-0.25, -0.2) is 0 Å². The first kappa shape index (κ1) is 29.2. The van der Waals surface area contributed by atoms with Crippen molar-refractivity contribution in [2.24, 2.45) is 0 Å². The van der Waals surface area contributed by atoms with Crippen molar-refractivity contribution in [2.75, 3.05) is 4.90 Å². The summed E-state index contributed by atoms with van der Waals surface area (Å²) in [7, 11) is 0. The fourth-order valence-electron chi connectivity index (χ4n) is 7.78. The van der Waals surface area contributed by atoms with E-state index in [4.69, 9.17) is 0 Å². The van der Waals surface area contributed by atoms with Crippen molar-refractivity contribution in [2.45, 2.75) is 26.2 Å². The van der Waals surface area contributed by atoms with Crippen molar-refractivity contribution in [1.29, 1.82) is 0 Å². The Morgan fingerprint density at radius 1 is 0.429 bits per heavy atom. The Bertz CT molecular complexity index is 2600. The van der Waals surface area contributed by atoms with Crippen molar-refractivity contribution in [3.8, 4) is 22.3 Å². The van der Waals surface area contributed by atoms with Gasteiger partial charge in [-0.3, -0.25) is 0 Å². The maximum absolute atomic E-state index is 2.47. The summed E-state index contributed by atoms with van der Waals surface area (Å²) in [6.07, 6.45) is 8.12. The van der Waals surface area contributed by atoms with Gasteiger partial charge in [-0.1, -0.05) is 128 Å². The highest BCUT2D eigenvalue weighted by Gasteiger charge is 2.17. The highest BCUT2D eigenvalue weighted by Crippen LogP contribution is 2.38. The second-order valence-electron chi connectivity index (χ2n) is 13.1. The number of hydrogen-bond acceptors (Lipinski definition) is 1. The summed E-state index contributed by atoms with van der Waals surface area (Å²) in [5, 5.41) is 10.4. The van der Waals surface area contributed by atoms with E-state index < -0.39 is 0 Å². The molecule has 1 nitrogen and oxygen atoms in total. The molecule has 0 N–H and O–H groups in total. The molecular formula is C48H37N. The molecule has 0 atom stereocenters. The van der Waals surface area contributed by atoms with Crippen LogP contribution in [0.4, 0.5) is 17.1 Å². The third-order valence-corrected chi connectivity index (χ3v) is 10.2. The zero-order valence-corrected chi connectivity index (χ0v) is 27.7. The van der Waals surface area contributed by atoms with Crippen molar-refractivity contribution < 1.29 is 0 Å². The molecule has 0 heterocycles. The summed E-state index contributed by atoms with van der Waals surface area (Å²) >= 11 is 0. The topological polar surface area (TPSA) is 3.24 Å². The largest absolute Gasteiger partial charge is 0.310 e. The average molecular weight is 628 g/mol. The van der Waals surface area contributed by atoms with E-state index in [1.54, 1.807) is 0 Å². The van der Waals surface area contributed by atoms with E-state index in [2.05, 4.69) is 182 Å². The zero-order valence-electron chi connectivity index (χ0n) is 27.7. The Balaban J connectivity index is 1.21. The minimum absolute atomic E-state index is 1.05. The Kier molecular flexibility index (Phi) is 7.32. The Morgan fingerprint density at radius 2 is 0.898 bits per heavy atom. The lowest BCUT2D eigenvalue weighted by molar-refractivity contribution is 1.12. The SMILES string of the molecule is CCc1ccc2cc(-c3c4c(c(-c5ccc6cc(N(c7ccccc7)c7ccccc7)ccc6c5)c5ccccc35)=CCCC=4)ccc2c1. The first-order valence-corrected chi connectivity index (χ1v) is 17.5. The van der Waals surface area contributed by atoms with Crippen LogP contribution in [0, 0.1) is 0 Å². The number of anilines is 3. The van der Waals surface area contributed by atoms with Gasteiger partial charge in [-0.15, -0.1) is 0 Å². The third kappa shape index (κ3) is 5.19. The Labute approximate surface area is 287 Å². The molecule has 8 aromatic carbocycles. The number of para-hydroxylation sites is 2. The molecule has 1 aliphatic carbocycles. The van der Waals surface area contributed by atoms with Crippen LogP contribution in [0.25, 0.3) is 66.7 Å². The van der Waals surface area contributed by atoms with Crippen molar-refractivity contribution in [1.82, 2.24) is 0 Å². The van der Waals surface area contributed by atoms with Gasteiger partial charge in [0.05, 0.1) is 0 Å². The first-order valence-electron chi connectivity index (χ1n) is 17.5. The summed E-state index contributed by atoms with van der Waals surface area (Å²) < 4.78 is 0. The molecule has 49 heavy (non-hydrogen) atoms. The summed E-state index contributed by atoms with van der Waals surface area (Å²) in [5.74, 6) is 0. The average Bonchev–Trinajstić information content (AvgIpc) is 3.17. The molecule has 0 amide bonds. The van der Waals surface area contributed by atoms with Gasteiger partial charge in [0.2, 0.25) is 0 Å². The Morgan fingerprint density at radius 3 is 1.45 bits per heavy atom. The second kappa shape index (κ2) is 12.3. The molecule has 1 aliphatic rings. The van der Waals surface area contributed by atoms with Crippen molar-refractivity contribution in [3.05, 3.63) is 174 Å². The summed E-state index contributed by atoms with van der Waals surface area (Å²) in [5.41, 5.74) is 10.0. The third-order valence-electron chi connectivity index (χ3n) is 10.2. The van der Waals surface area contributed by atoms with Crippen LogP contribution in [0.3, 0.4) is 0 Å². The second-order valence-corrected chi connectivity index (χ2v) is 13.1. The molecule has 0 aliphatic heterocycles. The molecule has 1 heteroatoms. The van der Waals surface area contributed by atoms with Gasteiger partial charge in [0, 0.05) is 17.1 Å². The van der Waals surface area contributed by atoms with Crippen LogP contribution in [0.5, 0.6) is 0 Å². The molecule has 8 aromatic rings. The smallest absolute Gasteiger partial charge is 0.0468 e. The highest BCUT2D eigenvalue weighted by molar-refractivity contribution is 6.07. The molecular weight excluding hydrogens is 591 g/mol. The van der Waals surface area contributed by atoms with E-state index in [-0.39, 0.29) is 0 Å². The molecule has 0 saturated carbocycles. The Hall–Kier alpha value is -5.92. The zero-order chi connectivity index (χ0) is 32.7. The van der Waals surface area contributed by atoms with E-state index in [1.807, 2.05) is 0 Å². The van der Waals surface area contributed by atoms with Crippen LogP contribution in [0.15, 0.2) is 158 Å². The molecule has 0 bridgehead atoms. The van der Waals surface area contributed by atoms with Crippen LogP contribution in [0.2, 0.25) is 0 Å². The number of aryl methyl sites for hydroxylation is 1. The lowest BCUT2D eigenvalue weighted by Crippen LogP contribution is -2.31. The number of nitrogens with zero attached hydrogens (tertiary/aromatic N) is 1. The normalized spacial score (nSPS) is 12.4. The maximum Gasteiger partial charge on any atom is 0.0468 e. The monoisotopic (exact) mass is 627 g/mol. The summed E-state index contributed by atoms with van der Waals surface area (Å²) in [6.45, 7) is 2.22. The minimum Gasteiger partial charge on any atom is -0.310 e. The van der Waals surface area contributed by atoms with Gasteiger partial charge in [-0.05, 0) is 138 Å². The molecule has 0 saturated heterocycles. The molecule has 9 rings (SSSR count). The van der Waals surface area contributed by atoms with Gasteiger partial charge in [-0.2, -0.15) is 0 Å². The number of rotatable bonds is 6. The molecule has 0 spiro atoms. The van der Waals surface area contributed by atoms with Crippen LogP contribution in [0.1, 0.15) is 25.3 Å². The van der Waals surface area contributed by atoms with E-state index in [1.165, 1.54) is 70.6 Å². The predicted molar refractivity (Wildman–Crippen MR) is 211 cm³/mol. The first-order chi connectivity index (χ1) is 24.2. The maximum atomic E-state index is 2.47. The van der Waals surface area contributed by atoms with Crippen LogP contribution in [-0.4, -0.2) is 0 Å². The van der Waals surface area contributed by atoms with E-state index in [9.17, 15) is 0 Å². The predicted octanol–water partition coefficient (Wildman–Crippen LogP) is 11.9. The fourth-order valence-corrected chi connectivity index (χ4v) is 7.78. The molecule has 0 fully saturated rings. The fraction of sp³-hybridized carbons (Fsp3) is 0.0833. The van der Waals surface area contributed by atoms with Gasteiger partial charge < -0.3 is 4.90 Å². The lowest BCUT2D eigenvalue weighted by atomic mass is 9.85. The van der Waals surface area contributed by atoms with Crippen LogP contribution in [-0.2, 0) is 6.42 Å². The van der Waals surface area contributed by atoms with Crippen LogP contribution < -0.4 is 15.3 Å². The quantitative estimate of drug-likeness (QED) is 0.177. The molecule has 0 unspecified atom stereocenters. The van der Waals surface area contributed by atoms with E-state index >= 15 is 0 Å². The summed E-state index contributed by atoms with van der Waals surface area (Å²) in [6, 6.07) is 58.0. The number of fused-ring (bicyclic) bond motifs is 4. The van der Waals surface area contributed by atoms with Gasteiger partial charge in [0.25, 0.3) is 0 Å². The van der Waals surface area contributed by atoms with Crippen LogP contribution >= 0.6 is 0 Å². The van der Waals surface area contributed by atoms with Gasteiger partial charge >= 0.3 is 0 Å². The minimum atomic E-state index is 1.05. The number of hydrogen-bond donors (Lipinski definition) is 0. The van der Waals surface area contributed by atoms with E-state index in [0.717, 1.165) is 36.3 Å². The molecule has 0 radical (unpaired) electrons. The standard InChI is InChI=1S/C48H37N/c1-2-33-21-22-35-30-38(25-23-34(35)29-33)47-43-17-9-11-19-45(43)48(46-20-12-10-18-44(46)47)39-26-24-37-32-42(28-27-36(37)31-39)49(40-13-5-3-6-14-40)41-15-7-4-8-16-41/h3-9,11,13-32H,2,10,12H2,1H3.